The smallest absolute Gasteiger partial charge is 0.0490 e. The van der Waals surface area contributed by atoms with Crippen molar-refractivity contribution in [1.29, 1.82) is 0 Å². The van der Waals surface area contributed by atoms with Gasteiger partial charge in [0.1, 0.15) is 0 Å². The predicted molar refractivity (Wildman–Crippen MR) is 65.8 cm³/mol. The van der Waals surface area contributed by atoms with Crippen LogP contribution in [0.2, 0.25) is 0 Å². The molecule has 1 fully saturated rings. The van der Waals surface area contributed by atoms with Crippen LogP contribution >= 0.6 is 15.9 Å². The minimum Gasteiger partial charge on any atom is -0.396 e. The molecule has 0 heterocycles. The highest BCUT2D eigenvalue weighted by Gasteiger charge is 2.33. The fourth-order valence-corrected chi connectivity index (χ4v) is 3.04. The maximum absolute atomic E-state index is 9.54. The number of hydrogen-bond donors (Lipinski definition) is 1. The van der Waals surface area contributed by atoms with Gasteiger partial charge in [-0.3, -0.25) is 0 Å². The third-order valence-electron chi connectivity index (χ3n) is 3.47. The van der Waals surface area contributed by atoms with E-state index in [0.717, 1.165) is 10.9 Å². The Morgan fingerprint density at radius 1 is 1.27 bits per heavy atom. The molecule has 1 aromatic rings. The van der Waals surface area contributed by atoms with Gasteiger partial charge in [0.15, 0.2) is 0 Å². The molecule has 0 atom stereocenters. The first-order valence-electron chi connectivity index (χ1n) is 5.59. The molecule has 1 saturated carbocycles. The van der Waals surface area contributed by atoms with E-state index in [4.69, 9.17) is 0 Å². The normalized spacial score (nSPS) is 19.3. The Bertz CT molecular complexity index is 329. The number of hydrogen-bond acceptors (Lipinski definition) is 1. The van der Waals surface area contributed by atoms with Gasteiger partial charge in [-0.25, -0.2) is 0 Å². The van der Waals surface area contributed by atoms with Crippen LogP contribution < -0.4 is 0 Å². The third-order valence-corrected chi connectivity index (χ3v) is 3.96. The number of rotatable bonds is 3. The van der Waals surface area contributed by atoms with E-state index in [2.05, 4.69) is 34.1 Å². The Morgan fingerprint density at radius 2 is 2.00 bits per heavy atom. The predicted octanol–water partition coefficient (Wildman–Crippen LogP) is 3.54. The molecule has 0 spiro atoms. The quantitative estimate of drug-likeness (QED) is 0.889. The van der Waals surface area contributed by atoms with Crippen LogP contribution in [0.4, 0.5) is 0 Å². The van der Waals surface area contributed by atoms with E-state index in [-0.39, 0.29) is 5.41 Å². The second kappa shape index (κ2) is 4.67. The maximum atomic E-state index is 9.54. The standard InChI is InChI=1S/C13H17BrO/c14-12-5-3-4-11(8-12)9-13(10-15)6-1-2-7-13/h3-5,8,15H,1-2,6-7,9-10H2. The lowest BCUT2D eigenvalue weighted by molar-refractivity contribution is 0.130. The second-order valence-electron chi connectivity index (χ2n) is 4.67. The van der Waals surface area contributed by atoms with E-state index in [1.807, 2.05) is 6.07 Å². The molecule has 0 saturated heterocycles. The molecule has 1 aliphatic carbocycles. The zero-order chi connectivity index (χ0) is 10.7. The number of benzene rings is 1. The molecule has 2 heteroatoms. The summed E-state index contributed by atoms with van der Waals surface area (Å²) in [7, 11) is 0. The van der Waals surface area contributed by atoms with Gasteiger partial charge in [-0.1, -0.05) is 40.9 Å². The van der Waals surface area contributed by atoms with E-state index in [0.29, 0.717) is 6.61 Å². The van der Waals surface area contributed by atoms with Crippen molar-refractivity contribution in [2.24, 2.45) is 5.41 Å². The van der Waals surface area contributed by atoms with Crippen molar-refractivity contribution in [2.45, 2.75) is 32.1 Å². The minimum absolute atomic E-state index is 0.167. The van der Waals surface area contributed by atoms with Crippen molar-refractivity contribution in [3.63, 3.8) is 0 Å². The first kappa shape index (κ1) is 11.2. The second-order valence-corrected chi connectivity index (χ2v) is 5.59. The molecule has 0 bridgehead atoms. The van der Waals surface area contributed by atoms with Crippen LogP contribution in [-0.4, -0.2) is 11.7 Å². The number of aliphatic hydroxyl groups is 1. The Labute approximate surface area is 99.6 Å². The fourth-order valence-electron chi connectivity index (χ4n) is 2.60. The third kappa shape index (κ3) is 2.61. The molecule has 0 aliphatic heterocycles. The fraction of sp³-hybridized carbons (Fsp3) is 0.538. The maximum Gasteiger partial charge on any atom is 0.0490 e. The van der Waals surface area contributed by atoms with Crippen molar-refractivity contribution in [2.75, 3.05) is 6.61 Å². The van der Waals surface area contributed by atoms with Crippen LogP contribution in [0, 0.1) is 5.41 Å². The SMILES string of the molecule is OCC1(Cc2cccc(Br)c2)CCCC1. The molecule has 2 rings (SSSR count). The first-order chi connectivity index (χ1) is 7.24. The summed E-state index contributed by atoms with van der Waals surface area (Å²) in [5, 5.41) is 9.54. The van der Waals surface area contributed by atoms with Gasteiger partial charge in [-0.15, -0.1) is 0 Å². The Hall–Kier alpha value is -0.340. The lowest BCUT2D eigenvalue weighted by atomic mass is 9.81. The lowest BCUT2D eigenvalue weighted by Gasteiger charge is -2.26. The van der Waals surface area contributed by atoms with Crippen molar-refractivity contribution in [3.05, 3.63) is 34.3 Å². The van der Waals surface area contributed by atoms with Gasteiger partial charge in [0.25, 0.3) is 0 Å². The van der Waals surface area contributed by atoms with Crippen molar-refractivity contribution in [3.8, 4) is 0 Å². The molecule has 1 aliphatic rings. The van der Waals surface area contributed by atoms with Gasteiger partial charge in [0, 0.05) is 11.1 Å². The van der Waals surface area contributed by atoms with Gasteiger partial charge >= 0.3 is 0 Å². The van der Waals surface area contributed by atoms with Crippen LogP contribution in [0.3, 0.4) is 0 Å². The van der Waals surface area contributed by atoms with E-state index in [1.165, 1.54) is 31.2 Å². The Kier molecular flexibility index (Phi) is 3.47. The molecule has 82 valence electrons. The summed E-state index contributed by atoms with van der Waals surface area (Å²) >= 11 is 3.49. The first-order valence-corrected chi connectivity index (χ1v) is 6.39. The lowest BCUT2D eigenvalue weighted by Crippen LogP contribution is -2.24. The van der Waals surface area contributed by atoms with E-state index >= 15 is 0 Å². The molecule has 0 radical (unpaired) electrons. The van der Waals surface area contributed by atoms with Gasteiger partial charge in [-0.2, -0.15) is 0 Å². The van der Waals surface area contributed by atoms with E-state index in [1.54, 1.807) is 0 Å². The highest BCUT2D eigenvalue weighted by molar-refractivity contribution is 9.10. The zero-order valence-electron chi connectivity index (χ0n) is 8.88. The van der Waals surface area contributed by atoms with Crippen LogP contribution in [0.15, 0.2) is 28.7 Å². The van der Waals surface area contributed by atoms with E-state index < -0.39 is 0 Å². The monoisotopic (exact) mass is 268 g/mol. The minimum atomic E-state index is 0.167. The van der Waals surface area contributed by atoms with Crippen LogP contribution in [0.5, 0.6) is 0 Å². The zero-order valence-corrected chi connectivity index (χ0v) is 10.5. The molecular formula is C13H17BrO. The molecule has 15 heavy (non-hydrogen) atoms. The molecular weight excluding hydrogens is 252 g/mol. The molecule has 0 aromatic heterocycles. The van der Waals surface area contributed by atoms with Crippen molar-refractivity contribution in [1.82, 2.24) is 0 Å². The molecule has 0 unspecified atom stereocenters. The molecule has 1 nitrogen and oxygen atoms in total. The summed E-state index contributed by atoms with van der Waals surface area (Å²) in [6.07, 6.45) is 5.91. The number of aliphatic hydroxyl groups excluding tert-OH is 1. The van der Waals surface area contributed by atoms with Gasteiger partial charge in [0.2, 0.25) is 0 Å². The topological polar surface area (TPSA) is 20.2 Å². The van der Waals surface area contributed by atoms with Crippen LogP contribution in [0.25, 0.3) is 0 Å². The summed E-state index contributed by atoms with van der Waals surface area (Å²) < 4.78 is 1.13. The van der Waals surface area contributed by atoms with Crippen LogP contribution in [-0.2, 0) is 6.42 Å². The highest BCUT2D eigenvalue weighted by atomic mass is 79.9. The average Bonchev–Trinajstić information content (AvgIpc) is 2.67. The Balaban J connectivity index is 2.12. The van der Waals surface area contributed by atoms with Crippen molar-refractivity contribution >= 4 is 15.9 Å². The summed E-state index contributed by atoms with van der Waals surface area (Å²) in [4.78, 5) is 0. The van der Waals surface area contributed by atoms with Gasteiger partial charge in [-0.05, 0) is 42.4 Å². The van der Waals surface area contributed by atoms with Gasteiger partial charge < -0.3 is 5.11 Å². The Morgan fingerprint density at radius 3 is 2.60 bits per heavy atom. The largest absolute Gasteiger partial charge is 0.396 e. The highest BCUT2D eigenvalue weighted by Crippen LogP contribution is 2.40. The summed E-state index contributed by atoms with van der Waals surface area (Å²) in [5.41, 5.74) is 1.50. The summed E-state index contributed by atoms with van der Waals surface area (Å²) in [6, 6.07) is 8.43. The molecule has 0 amide bonds. The number of halogens is 1. The molecule has 1 N–H and O–H groups in total. The van der Waals surface area contributed by atoms with Gasteiger partial charge in [0.05, 0.1) is 0 Å². The summed E-state index contributed by atoms with van der Waals surface area (Å²) in [5.74, 6) is 0. The molecule has 1 aromatic carbocycles. The summed E-state index contributed by atoms with van der Waals surface area (Å²) in [6.45, 7) is 0.333. The van der Waals surface area contributed by atoms with Crippen molar-refractivity contribution < 1.29 is 5.11 Å². The van der Waals surface area contributed by atoms with E-state index in [9.17, 15) is 5.11 Å². The average molecular weight is 269 g/mol. The van der Waals surface area contributed by atoms with Crippen LogP contribution in [0.1, 0.15) is 31.2 Å².